The highest BCUT2D eigenvalue weighted by molar-refractivity contribution is 8.76. The lowest BCUT2D eigenvalue weighted by Gasteiger charge is -2.31. The van der Waals surface area contributed by atoms with Crippen molar-refractivity contribution >= 4 is 92.5 Å². The van der Waals surface area contributed by atoms with E-state index in [4.69, 9.17) is 28.7 Å². The highest BCUT2D eigenvalue weighted by Crippen LogP contribution is 2.26. The van der Waals surface area contributed by atoms with Gasteiger partial charge in [-0.25, -0.2) is 0 Å². The quantitative estimate of drug-likeness (QED) is 0.0274. The van der Waals surface area contributed by atoms with Gasteiger partial charge in [-0.15, -0.1) is 0 Å². The second-order valence-corrected chi connectivity index (χ2v) is 20.0. The van der Waals surface area contributed by atoms with Gasteiger partial charge in [0.1, 0.15) is 48.0 Å². The number of likely N-dealkylation sites (tertiary alicyclic amines) is 1. The highest BCUT2D eigenvalue weighted by Gasteiger charge is 2.40. The summed E-state index contributed by atoms with van der Waals surface area (Å²) in [5.41, 5.74) is 28.1. The molecule has 2 aliphatic heterocycles. The maximum atomic E-state index is 14.6. The van der Waals surface area contributed by atoms with E-state index in [-0.39, 0.29) is 74.8 Å². The van der Waals surface area contributed by atoms with E-state index in [0.717, 1.165) is 21.6 Å². The molecular formula is C46H64N14O12S2. The summed E-state index contributed by atoms with van der Waals surface area (Å²) in [6.45, 7) is -0.402. The Bertz CT molecular complexity index is 2380. The lowest BCUT2D eigenvalue weighted by molar-refractivity contribution is -0.142. The first-order chi connectivity index (χ1) is 35.2. The van der Waals surface area contributed by atoms with Crippen molar-refractivity contribution in [1.82, 2.24) is 42.1 Å². The van der Waals surface area contributed by atoms with E-state index in [0.29, 0.717) is 17.5 Å². The molecule has 0 radical (unpaired) electrons. The van der Waals surface area contributed by atoms with E-state index in [2.05, 4.69) is 42.2 Å². The average molecular weight is 1070 g/mol. The molecule has 2 saturated heterocycles. The fourth-order valence-electron chi connectivity index (χ4n) is 7.78. The van der Waals surface area contributed by atoms with Crippen LogP contribution in [0.4, 0.5) is 0 Å². The van der Waals surface area contributed by atoms with Crippen LogP contribution in [0.1, 0.15) is 62.5 Å². The van der Waals surface area contributed by atoms with Gasteiger partial charge in [0.15, 0.2) is 5.96 Å². The fourth-order valence-corrected chi connectivity index (χ4v) is 9.93. The second-order valence-electron chi connectivity index (χ2n) is 17.3. The minimum absolute atomic E-state index is 0.0128. The maximum Gasteiger partial charge on any atom is 0.246 e. The number of carbonyl (C=O) groups is 11. The Morgan fingerprint density at radius 1 is 0.730 bits per heavy atom. The predicted octanol–water partition coefficient (Wildman–Crippen LogP) is -4.34. The van der Waals surface area contributed by atoms with Crippen molar-refractivity contribution in [1.29, 1.82) is 0 Å². The molecular weight excluding hydrogens is 1000 g/mol. The normalized spacial score (nSPS) is 21.7. The molecule has 4 rings (SSSR count). The van der Waals surface area contributed by atoms with Crippen LogP contribution in [-0.4, -0.2) is 154 Å². The summed E-state index contributed by atoms with van der Waals surface area (Å²) in [4.78, 5) is 153. The molecule has 28 heteroatoms. The third kappa shape index (κ3) is 20.1. The van der Waals surface area contributed by atoms with Crippen LogP contribution in [0.3, 0.4) is 0 Å². The van der Waals surface area contributed by atoms with Gasteiger partial charge in [0.05, 0.1) is 13.0 Å². The SMILES string of the molecule is NC(=O)CC[C@@H]1NC(=O)[C@H](Cc2ccccc2)NC(=O)[C@H](Cc2ccc(O)cc2)NC(=O)CCSSC[C@@H](C(=O)N2CCC[C@H]2C(=O)N[C@H](CCCN=C(N)N)C(=O)NCC(N)=O)NC(=O)[C@@H](CC(N)=O)NC1=O. The van der Waals surface area contributed by atoms with Gasteiger partial charge < -0.3 is 75.9 Å². The van der Waals surface area contributed by atoms with Crippen molar-refractivity contribution in [3.8, 4) is 5.75 Å². The van der Waals surface area contributed by atoms with E-state index in [9.17, 15) is 57.8 Å². The summed E-state index contributed by atoms with van der Waals surface area (Å²) in [5, 5.41) is 27.8. The van der Waals surface area contributed by atoms with Crippen LogP contribution in [0.2, 0.25) is 0 Å². The molecule has 0 aliphatic carbocycles. The minimum atomic E-state index is -1.77. The fraction of sp³-hybridized carbons (Fsp3) is 0.478. The van der Waals surface area contributed by atoms with E-state index < -0.39 is 133 Å². The van der Waals surface area contributed by atoms with Gasteiger partial charge in [-0.2, -0.15) is 0 Å². The van der Waals surface area contributed by atoms with Crippen LogP contribution in [0.5, 0.6) is 5.75 Å². The predicted molar refractivity (Wildman–Crippen MR) is 272 cm³/mol. The number of hydrogen-bond acceptors (Lipinski definition) is 15. The molecule has 2 aliphatic rings. The molecule has 0 spiro atoms. The molecule has 2 aromatic rings. The van der Waals surface area contributed by atoms with Crippen molar-refractivity contribution in [2.75, 3.05) is 31.1 Å². The first kappa shape index (κ1) is 58.9. The van der Waals surface area contributed by atoms with Gasteiger partial charge in [0, 0.05) is 50.3 Å². The van der Waals surface area contributed by atoms with Gasteiger partial charge in [0.2, 0.25) is 65.0 Å². The number of phenolic OH excluding ortho intramolecular Hbond substituents is 1. The summed E-state index contributed by atoms with van der Waals surface area (Å²) in [5.74, 6) is -9.75. The van der Waals surface area contributed by atoms with Crippen LogP contribution in [0.15, 0.2) is 59.6 Å². The van der Waals surface area contributed by atoms with E-state index in [1.165, 1.54) is 17.0 Å². The Kier molecular flexibility index (Phi) is 23.7. The first-order valence-electron chi connectivity index (χ1n) is 23.6. The Labute approximate surface area is 433 Å². The van der Waals surface area contributed by atoms with Crippen molar-refractivity contribution in [2.45, 2.75) is 107 Å². The summed E-state index contributed by atoms with van der Waals surface area (Å²) >= 11 is 0. The summed E-state index contributed by atoms with van der Waals surface area (Å²) in [7, 11) is 2.19. The number of nitrogens with zero attached hydrogens (tertiary/aromatic N) is 2. The first-order valence-corrected chi connectivity index (χ1v) is 26.0. The summed E-state index contributed by atoms with van der Waals surface area (Å²) in [6, 6.07) is 4.52. The number of primary amides is 3. The Morgan fingerprint density at radius 3 is 1.97 bits per heavy atom. The minimum Gasteiger partial charge on any atom is -0.508 e. The number of guanidine groups is 1. The summed E-state index contributed by atoms with van der Waals surface area (Å²) in [6.07, 6.45) is -1.34. The number of carbonyl (C=O) groups excluding carboxylic acids is 11. The molecule has 7 atom stereocenters. The molecule has 74 heavy (non-hydrogen) atoms. The molecule has 0 bridgehead atoms. The van der Waals surface area contributed by atoms with Crippen molar-refractivity contribution in [3.63, 3.8) is 0 Å². The molecule has 402 valence electrons. The van der Waals surface area contributed by atoms with Crippen LogP contribution >= 0.6 is 21.6 Å². The van der Waals surface area contributed by atoms with Gasteiger partial charge >= 0.3 is 0 Å². The van der Waals surface area contributed by atoms with E-state index in [1.807, 2.05) is 0 Å². The lowest BCUT2D eigenvalue weighted by Crippen LogP contribution is -2.61. The lowest BCUT2D eigenvalue weighted by atomic mass is 10.0. The van der Waals surface area contributed by atoms with E-state index >= 15 is 0 Å². The third-order valence-electron chi connectivity index (χ3n) is 11.5. The Hall–Kier alpha value is -7.62. The molecule has 18 N–H and O–H groups in total. The number of amides is 11. The summed E-state index contributed by atoms with van der Waals surface area (Å²) < 4.78 is 0. The van der Waals surface area contributed by atoms with Crippen molar-refractivity contribution in [2.24, 2.45) is 33.7 Å². The molecule has 0 saturated carbocycles. The Morgan fingerprint density at radius 2 is 1.34 bits per heavy atom. The zero-order chi connectivity index (χ0) is 54.3. The zero-order valence-electron chi connectivity index (χ0n) is 40.4. The number of rotatable bonds is 19. The third-order valence-corrected chi connectivity index (χ3v) is 13.9. The van der Waals surface area contributed by atoms with Crippen LogP contribution in [0.25, 0.3) is 0 Å². The van der Waals surface area contributed by atoms with Gasteiger partial charge in [-0.05, 0) is 55.4 Å². The monoisotopic (exact) mass is 1070 g/mol. The highest BCUT2D eigenvalue weighted by atomic mass is 33.1. The van der Waals surface area contributed by atoms with Crippen molar-refractivity contribution in [3.05, 3.63) is 65.7 Å². The smallest absolute Gasteiger partial charge is 0.246 e. The molecule has 2 heterocycles. The van der Waals surface area contributed by atoms with Gasteiger partial charge in [-0.3, -0.25) is 57.7 Å². The number of phenols is 1. The Balaban J connectivity index is 1.68. The molecule has 2 aromatic carbocycles. The van der Waals surface area contributed by atoms with Crippen molar-refractivity contribution < 1.29 is 57.8 Å². The van der Waals surface area contributed by atoms with Gasteiger partial charge in [0.25, 0.3) is 0 Å². The van der Waals surface area contributed by atoms with E-state index in [1.54, 1.807) is 42.5 Å². The van der Waals surface area contributed by atoms with Crippen LogP contribution in [-0.2, 0) is 65.6 Å². The van der Waals surface area contributed by atoms with Gasteiger partial charge in [-0.1, -0.05) is 64.1 Å². The maximum absolute atomic E-state index is 14.6. The number of aliphatic imine (C=N–C) groups is 1. The number of nitrogens with one attached hydrogen (secondary N) is 7. The number of nitrogens with two attached hydrogens (primary N) is 5. The standard InChI is InChI=1S/C46H64N14O12S2/c47-35(62)15-14-29-40(67)58-32(22-36(48)63)43(70)59-33(45(72)60-18-5-9-34(60)44(71)56-28(8-4-17-52-46(50)51)39(66)53-23-37(49)64)24-74-73-19-16-38(65)54-30(21-26-10-12-27(61)13-11-26)41(68)57-31(42(69)55-29)20-25-6-2-1-3-7-25/h1-3,6-7,10-13,28-34,61H,4-5,8-9,14-24H2,(H2,47,62)(H2,48,63)(H2,49,64)(H,53,66)(H,54,65)(H,55,69)(H,56,71)(H,57,68)(H,58,67)(H,59,70)(H4,50,51,52)/t28-,29+,30+,31+,32-,33+,34+/m1/s1. The second kappa shape index (κ2) is 29.8. The zero-order valence-corrected chi connectivity index (χ0v) is 42.0. The molecule has 0 aromatic heterocycles. The molecule has 11 amide bonds. The number of aromatic hydroxyl groups is 1. The van der Waals surface area contributed by atoms with Crippen LogP contribution < -0.4 is 65.9 Å². The number of hydrogen-bond donors (Lipinski definition) is 13. The largest absolute Gasteiger partial charge is 0.508 e. The molecule has 26 nitrogen and oxygen atoms in total. The number of benzene rings is 2. The molecule has 2 fully saturated rings. The van der Waals surface area contributed by atoms with Crippen LogP contribution in [0, 0.1) is 0 Å². The average Bonchev–Trinajstić information content (AvgIpc) is 3.85. The molecule has 0 unspecified atom stereocenters. The topological polar surface area (TPSA) is 438 Å².